The highest BCUT2D eigenvalue weighted by Crippen LogP contribution is 2.37. The summed E-state index contributed by atoms with van der Waals surface area (Å²) in [6.45, 7) is 7.30. The van der Waals surface area contributed by atoms with Crippen molar-refractivity contribution in [3.63, 3.8) is 0 Å². The molecule has 1 saturated carbocycles. The van der Waals surface area contributed by atoms with Crippen molar-refractivity contribution in [3.05, 3.63) is 0 Å². The first-order chi connectivity index (χ1) is 9.00. The van der Waals surface area contributed by atoms with Crippen LogP contribution in [0, 0.1) is 5.41 Å². The van der Waals surface area contributed by atoms with Gasteiger partial charge >= 0.3 is 11.8 Å². The van der Waals surface area contributed by atoms with E-state index in [2.05, 4.69) is 24.5 Å². The monoisotopic (exact) mass is 267 g/mol. The van der Waals surface area contributed by atoms with Crippen LogP contribution in [0.4, 0.5) is 0 Å². The molecule has 0 bridgehead atoms. The summed E-state index contributed by atoms with van der Waals surface area (Å²) in [5, 5.41) is 6.17. The van der Waals surface area contributed by atoms with Gasteiger partial charge < -0.3 is 15.5 Å². The highest BCUT2D eigenvalue weighted by atomic mass is 16.2. The Morgan fingerprint density at radius 2 is 2.00 bits per heavy atom. The van der Waals surface area contributed by atoms with Gasteiger partial charge in [0, 0.05) is 25.7 Å². The van der Waals surface area contributed by atoms with Crippen LogP contribution in [0.3, 0.4) is 0 Å². The van der Waals surface area contributed by atoms with Crippen LogP contribution >= 0.6 is 0 Å². The molecule has 0 radical (unpaired) electrons. The molecule has 2 fully saturated rings. The standard InChI is InChI=1S/C14H25N3O2/c1-14(2)6-3-5-11(14)16-12(18)13(19)17-9-4-7-15-8-10-17/h11,15H,3-10H2,1-2H3,(H,16,18). The van der Waals surface area contributed by atoms with E-state index in [1.165, 1.54) is 0 Å². The van der Waals surface area contributed by atoms with Crippen molar-refractivity contribution in [1.82, 2.24) is 15.5 Å². The molecule has 1 heterocycles. The Labute approximate surface area is 115 Å². The van der Waals surface area contributed by atoms with Crippen molar-refractivity contribution in [2.24, 2.45) is 5.41 Å². The lowest BCUT2D eigenvalue weighted by Crippen LogP contribution is -2.50. The third-order valence-electron chi connectivity index (χ3n) is 4.38. The molecule has 19 heavy (non-hydrogen) atoms. The Kier molecular flexibility index (Phi) is 4.45. The maximum Gasteiger partial charge on any atom is 0.311 e. The Hall–Kier alpha value is -1.10. The van der Waals surface area contributed by atoms with Gasteiger partial charge in [-0.2, -0.15) is 0 Å². The average Bonchev–Trinajstić information content (AvgIpc) is 2.60. The third-order valence-corrected chi connectivity index (χ3v) is 4.38. The van der Waals surface area contributed by atoms with E-state index in [-0.39, 0.29) is 17.4 Å². The lowest BCUT2D eigenvalue weighted by atomic mass is 9.87. The molecular weight excluding hydrogens is 242 g/mol. The minimum Gasteiger partial charge on any atom is -0.345 e. The zero-order valence-corrected chi connectivity index (χ0v) is 12.0. The molecule has 1 aliphatic heterocycles. The highest BCUT2D eigenvalue weighted by molar-refractivity contribution is 6.35. The van der Waals surface area contributed by atoms with Gasteiger partial charge in [0.2, 0.25) is 0 Å². The van der Waals surface area contributed by atoms with E-state index in [4.69, 9.17) is 0 Å². The first-order valence-corrected chi connectivity index (χ1v) is 7.31. The molecular formula is C14H25N3O2. The fourth-order valence-corrected chi connectivity index (χ4v) is 3.01. The lowest BCUT2D eigenvalue weighted by molar-refractivity contribution is -0.146. The summed E-state index contributed by atoms with van der Waals surface area (Å²) in [6, 6.07) is 0.133. The number of amides is 2. The number of nitrogens with one attached hydrogen (secondary N) is 2. The Morgan fingerprint density at radius 1 is 1.21 bits per heavy atom. The average molecular weight is 267 g/mol. The zero-order valence-electron chi connectivity index (χ0n) is 12.0. The van der Waals surface area contributed by atoms with E-state index < -0.39 is 5.91 Å². The molecule has 5 nitrogen and oxygen atoms in total. The van der Waals surface area contributed by atoms with Crippen LogP contribution in [0.5, 0.6) is 0 Å². The Bertz CT molecular complexity index is 347. The summed E-state index contributed by atoms with van der Waals surface area (Å²) in [5.41, 5.74) is 0.107. The first-order valence-electron chi connectivity index (χ1n) is 7.31. The van der Waals surface area contributed by atoms with Crippen LogP contribution < -0.4 is 10.6 Å². The topological polar surface area (TPSA) is 61.4 Å². The summed E-state index contributed by atoms with van der Waals surface area (Å²) < 4.78 is 0. The maximum absolute atomic E-state index is 12.1. The van der Waals surface area contributed by atoms with Crippen LogP contribution in [-0.4, -0.2) is 48.9 Å². The minimum absolute atomic E-state index is 0.107. The van der Waals surface area contributed by atoms with Gasteiger partial charge in [-0.05, 0) is 31.2 Å². The first kappa shape index (κ1) is 14.3. The van der Waals surface area contributed by atoms with Crippen molar-refractivity contribution in [2.45, 2.75) is 45.6 Å². The molecule has 2 rings (SSSR count). The molecule has 0 aromatic carbocycles. The van der Waals surface area contributed by atoms with E-state index in [1.54, 1.807) is 4.90 Å². The molecule has 1 atom stereocenters. The van der Waals surface area contributed by atoms with E-state index in [0.29, 0.717) is 13.1 Å². The van der Waals surface area contributed by atoms with Crippen LogP contribution in [-0.2, 0) is 9.59 Å². The zero-order chi connectivity index (χ0) is 13.9. The number of carbonyl (C=O) groups is 2. The third kappa shape index (κ3) is 3.47. The fraction of sp³-hybridized carbons (Fsp3) is 0.857. The van der Waals surface area contributed by atoms with E-state index in [1.807, 2.05) is 0 Å². The normalized spacial score (nSPS) is 26.8. The second kappa shape index (κ2) is 5.90. The number of nitrogens with zero attached hydrogens (tertiary/aromatic N) is 1. The molecule has 2 N–H and O–H groups in total. The Morgan fingerprint density at radius 3 is 2.68 bits per heavy atom. The molecule has 0 aromatic heterocycles. The predicted octanol–water partition coefficient (Wildman–Crippen LogP) is 0.503. The summed E-state index contributed by atoms with van der Waals surface area (Å²) in [6.07, 6.45) is 4.13. The summed E-state index contributed by atoms with van der Waals surface area (Å²) in [4.78, 5) is 25.9. The van der Waals surface area contributed by atoms with Crippen LogP contribution in [0.15, 0.2) is 0 Å². The highest BCUT2D eigenvalue weighted by Gasteiger charge is 2.37. The van der Waals surface area contributed by atoms with Gasteiger partial charge in [0.15, 0.2) is 0 Å². The van der Waals surface area contributed by atoms with Crippen LogP contribution in [0.2, 0.25) is 0 Å². The van der Waals surface area contributed by atoms with Gasteiger partial charge in [0.05, 0.1) is 0 Å². The predicted molar refractivity (Wildman–Crippen MR) is 73.6 cm³/mol. The molecule has 2 aliphatic rings. The van der Waals surface area contributed by atoms with Gasteiger partial charge in [-0.1, -0.05) is 20.3 Å². The van der Waals surface area contributed by atoms with Crippen molar-refractivity contribution in [1.29, 1.82) is 0 Å². The van der Waals surface area contributed by atoms with Crippen molar-refractivity contribution in [3.8, 4) is 0 Å². The van der Waals surface area contributed by atoms with Crippen molar-refractivity contribution < 1.29 is 9.59 Å². The summed E-state index contributed by atoms with van der Waals surface area (Å²) in [5.74, 6) is -0.798. The molecule has 5 heteroatoms. The van der Waals surface area contributed by atoms with Gasteiger partial charge in [0.1, 0.15) is 0 Å². The van der Waals surface area contributed by atoms with E-state index in [0.717, 1.165) is 38.8 Å². The van der Waals surface area contributed by atoms with Gasteiger partial charge in [-0.3, -0.25) is 9.59 Å². The van der Waals surface area contributed by atoms with Crippen LogP contribution in [0.1, 0.15) is 39.5 Å². The summed E-state index contributed by atoms with van der Waals surface area (Å²) in [7, 11) is 0. The SMILES string of the molecule is CC1(C)CCCC1NC(=O)C(=O)N1CCCNCC1. The van der Waals surface area contributed by atoms with Crippen LogP contribution in [0.25, 0.3) is 0 Å². The largest absolute Gasteiger partial charge is 0.345 e. The van der Waals surface area contributed by atoms with E-state index in [9.17, 15) is 9.59 Å². The number of rotatable bonds is 1. The smallest absolute Gasteiger partial charge is 0.311 e. The maximum atomic E-state index is 12.1. The summed E-state index contributed by atoms with van der Waals surface area (Å²) >= 11 is 0. The van der Waals surface area contributed by atoms with Crippen molar-refractivity contribution in [2.75, 3.05) is 26.2 Å². The van der Waals surface area contributed by atoms with E-state index >= 15 is 0 Å². The molecule has 0 spiro atoms. The van der Waals surface area contributed by atoms with Gasteiger partial charge in [-0.15, -0.1) is 0 Å². The lowest BCUT2D eigenvalue weighted by Gasteiger charge is -2.28. The second-order valence-electron chi connectivity index (χ2n) is 6.30. The molecule has 108 valence electrons. The number of hydrogen-bond donors (Lipinski definition) is 2. The fourth-order valence-electron chi connectivity index (χ4n) is 3.01. The second-order valence-corrected chi connectivity index (χ2v) is 6.30. The number of carbonyl (C=O) groups excluding carboxylic acids is 2. The van der Waals surface area contributed by atoms with Gasteiger partial charge in [-0.25, -0.2) is 0 Å². The van der Waals surface area contributed by atoms with Gasteiger partial charge in [0.25, 0.3) is 0 Å². The number of hydrogen-bond acceptors (Lipinski definition) is 3. The molecule has 1 unspecified atom stereocenters. The quantitative estimate of drug-likeness (QED) is 0.680. The molecule has 1 saturated heterocycles. The molecule has 2 amide bonds. The minimum atomic E-state index is -0.429. The Balaban J connectivity index is 1.90. The van der Waals surface area contributed by atoms with Crippen molar-refractivity contribution >= 4 is 11.8 Å². The molecule has 0 aromatic rings. The molecule has 1 aliphatic carbocycles.